The SMILES string of the molecule is O=C(NCC1CCCC1Br)c1c(F)cccc1Br. The lowest BCUT2D eigenvalue weighted by Gasteiger charge is -2.15. The van der Waals surface area contributed by atoms with Crippen molar-refractivity contribution in [1.82, 2.24) is 5.32 Å². The summed E-state index contributed by atoms with van der Waals surface area (Å²) >= 11 is 6.81. The van der Waals surface area contributed by atoms with E-state index >= 15 is 0 Å². The molecule has 0 bridgehead atoms. The van der Waals surface area contributed by atoms with Gasteiger partial charge in [-0.3, -0.25) is 4.79 Å². The third-order valence-electron chi connectivity index (χ3n) is 3.28. The Labute approximate surface area is 123 Å². The third-order valence-corrected chi connectivity index (χ3v) is 5.15. The van der Waals surface area contributed by atoms with Gasteiger partial charge >= 0.3 is 0 Å². The van der Waals surface area contributed by atoms with Gasteiger partial charge in [0.25, 0.3) is 5.91 Å². The van der Waals surface area contributed by atoms with Gasteiger partial charge in [0.15, 0.2) is 0 Å². The fraction of sp³-hybridized carbons (Fsp3) is 0.462. The van der Waals surface area contributed by atoms with Gasteiger partial charge in [-0.05, 0) is 46.8 Å². The molecule has 1 aliphatic carbocycles. The van der Waals surface area contributed by atoms with E-state index in [1.807, 2.05) is 0 Å². The number of hydrogen-bond donors (Lipinski definition) is 1. The maximum absolute atomic E-state index is 13.6. The Bertz CT molecular complexity index is 432. The van der Waals surface area contributed by atoms with Crippen LogP contribution in [0.25, 0.3) is 0 Å². The van der Waals surface area contributed by atoms with Crippen molar-refractivity contribution in [2.24, 2.45) is 5.92 Å². The Morgan fingerprint density at radius 2 is 2.22 bits per heavy atom. The molecule has 0 heterocycles. The van der Waals surface area contributed by atoms with Gasteiger partial charge in [-0.1, -0.05) is 28.4 Å². The van der Waals surface area contributed by atoms with Crippen molar-refractivity contribution in [3.63, 3.8) is 0 Å². The minimum Gasteiger partial charge on any atom is -0.352 e. The largest absolute Gasteiger partial charge is 0.352 e. The van der Waals surface area contributed by atoms with Crippen molar-refractivity contribution in [2.75, 3.05) is 6.54 Å². The second-order valence-corrected chi connectivity index (χ2v) is 6.54. The lowest BCUT2D eigenvalue weighted by Crippen LogP contribution is -2.31. The Morgan fingerprint density at radius 1 is 1.44 bits per heavy atom. The van der Waals surface area contributed by atoms with E-state index in [9.17, 15) is 9.18 Å². The first-order chi connectivity index (χ1) is 8.59. The average molecular weight is 379 g/mol. The number of carbonyl (C=O) groups is 1. The molecule has 0 radical (unpaired) electrons. The normalized spacial score (nSPS) is 23.1. The summed E-state index contributed by atoms with van der Waals surface area (Å²) in [6, 6.07) is 4.53. The van der Waals surface area contributed by atoms with Crippen molar-refractivity contribution in [2.45, 2.75) is 24.1 Å². The molecule has 1 fully saturated rings. The van der Waals surface area contributed by atoms with E-state index in [1.165, 1.54) is 12.5 Å². The molecule has 2 atom stereocenters. The molecule has 5 heteroatoms. The number of alkyl halides is 1. The standard InChI is InChI=1S/C13H14Br2FNO/c14-9-4-1-3-8(9)7-17-13(18)12-10(15)5-2-6-11(12)16/h2,5-6,8-9H,1,3-4,7H2,(H,17,18). The summed E-state index contributed by atoms with van der Waals surface area (Å²) < 4.78 is 14.1. The van der Waals surface area contributed by atoms with Gasteiger partial charge < -0.3 is 5.32 Å². The number of nitrogens with one attached hydrogen (secondary N) is 1. The van der Waals surface area contributed by atoms with Gasteiger partial charge in [-0.15, -0.1) is 0 Å². The zero-order valence-electron chi connectivity index (χ0n) is 9.76. The number of halogens is 3. The minimum absolute atomic E-state index is 0.0848. The van der Waals surface area contributed by atoms with E-state index in [1.54, 1.807) is 12.1 Å². The van der Waals surface area contributed by atoms with Gasteiger partial charge in [-0.25, -0.2) is 4.39 Å². The average Bonchev–Trinajstić information content (AvgIpc) is 2.72. The predicted molar refractivity (Wildman–Crippen MR) is 76.5 cm³/mol. The Kier molecular flexibility index (Phi) is 4.78. The van der Waals surface area contributed by atoms with Crippen molar-refractivity contribution in [3.8, 4) is 0 Å². The van der Waals surface area contributed by atoms with Crippen LogP contribution in [-0.4, -0.2) is 17.3 Å². The van der Waals surface area contributed by atoms with Crippen LogP contribution in [0.4, 0.5) is 4.39 Å². The Balaban J connectivity index is 1.99. The molecule has 1 amide bonds. The van der Waals surface area contributed by atoms with Crippen LogP contribution >= 0.6 is 31.9 Å². The van der Waals surface area contributed by atoms with E-state index in [-0.39, 0.29) is 11.5 Å². The third kappa shape index (κ3) is 3.12. The summed E-state index contributed by atoms with van der Waals surface area (Å²) in [5, 5.41) is 2.81. The van der Waals surface area contributed by atoms with Crippen LogP contribution in [0.5, 0.6) is 0 Å². The highest BCUT2D eigenvalue weighted by Gasteiger charge is 2.25. The van der Waals surface area contributed by atoms with Crippen molar-refractivity contribution in [1.29, 1.82) is 0 Å². The van der Waals surface area contributed by atoms with E-state index in [4.69, 9.17) is 0 Å². The number of amides is 1. The first-order valence-corrected chi connectivity index (χ1v) is 7.66. The fourth-order valence-electron chi connectivity index (χ4n) is 2.25. The molecule has 1 saturated carbocycles. The van der Waals surface area contributed by atoms with Crippen LogP contribution < -0.4 is 5.32 Å². The molecule has 0 aliphatic heterocycles. The molecular weight excluding hydrogens is 365 g/mol. The molecule has 2 rings (SSSR count). The van der Waals surface area contributed by atoms with Crippen LogP contribution in [0.15, 0.2) is 22.7 Å². The predicted octanol–water partition coefficient (Wildman–Crippen LogP) is 3.88. The zero-order valence-corrected chi connectivity index (χ0v) is 12.9. The molecule has 0 saturated heterocycles. The topological polar surface area (TPSA) is 29.1 Å². The van der Waals surface area contributed by atoms with E-state index in [0.29, 0.717) is 21.8 Å². The number of benzene rings is 1. The monoisotopic (exact) mass is 377 g/mol. The first-order valence-electron chi connectivity index (χ1n) is 5.96. The van der Waals surface area contributed by atoms with Crippen LogP contribution in [0.3, 0.4) is 0 Å². The zero-order chi connectivity index (χ0) is 13.1. The molecule has 1 N–H and O–H groups in total. The smallest absolute Gasteiger partial charge is 0.255 e. The molecule has 2 nitrogen and oxygen atoms in total. The van der Waals surface area contributed by atoms with Gasteiger partial charge in [0, 0.05) is 15.8 Å². The summed E-state index contributed by atoms with van der Waals surface area (Å²) in [6.45, 7) is 0.593. The van der Waals surface area contributed by atoms with Crippen LogP contribution in [-0.2, 0) is 0 Å². The molecular formula is C13H14Br2FNO. The quantitative estimate of drug-likeness (QED) is 0.794. The van der Waals surface area contributed by atoms with E-state index < -0.39 is 5.82 Å². The molecule has 1 aliphatic rings. The highest BCUT2D eigenvalue weighted by atomic mass is 79.9. The maximum atomic E-state index is 13.6. The summed E-state index contributed by atoms with van der Waals surface area (Å²) in [5.41, 5.74) is 0.0848. The lowest BCUT2D eigenvalue weighted by atomic mass is 10.1. The number of rotatable bonds is 3. The van der Waals surface area contributed by atoms with Crippen LogP contribution in [0, 0.1) is 11.7 Å². The summed E-state index contributed by atoms with van der Waals surface area (Å²) in [7, 11) is 0. The van der Waals surface area contributed by atoms with Gasteiger partial charge in [0.1, 0.15) is 5.82 Å². The first kappa shape index (κ1) is 14.0. The minimum atomic E-state index is -0.497. The van der Waals surface area contributed by atoms with E-state index in [0.717, 1.165) is 12.8 Å². The van der Waals surface area contributed by atoms with Gasteiger partial charge in [0.05, 0.1) is 5.56 Å². The number of carbonyl (C=O) groups excluding carboxylic acids is 1. The summed E-state index contributed by atoms with van der Waals surface area (Å²) in [6.07, 6.45) is 3.43. The highest BCUT2D eigenvalue weighted by molar-refractivity contribution is 9.10. The molecule has 2 unspecified atom stereocenters. The second-order valence-electron chi connectivity index (χ2n) is 4.51. The second kappa shape index (κ2) is 6.15. The van der Waals surface area contributed by atoms with Crippen LogP contribution in [0.2, 0.25) is 0 Å². The Hall–Kier alpha value is -0.420. The highest BCUT2D eigenvalue weighted by Crippen LogP contribution is 2.31. The van der Waals surface area contributed by atoms with E-state index in [2.05, 4.69) is 37.2 Å². The van der Waals surface area contributed by atoms with Crippen molar-refractivity contribution >= 4 is 37.8 Å². The van der Waals surface area contributed by atoms with Gasteiger partial charge in [-0.2, -0.15) is 0 Å². The van der Waals surface area contributed by atoms with Crippen molar-refractivity contribution in [3.05, 3.63) is 34.1 Å². The molecule has 0 aromatic heterocycles. The number of hydrogen-bond acceptors (Lipinski definition) is 1. The van der Waals surface area contributed by atoms with Crippen LogP contribution in [0.1, 0.15) is 29.6 Å². The molecule has 1 aromatic rings. The Morgan fingerprint density at radius 3 is 2.83 bits per heavy atom. The lowest BCUT2D eigenvalue weighted by molar-refractivity contribution is 0.0943. The fourth-order valence-corrected chi connectivity index (χ4v) is 3.55. The summed E-state index contributed by atoms with van der Waals surface area (Å²) in [5.74, 6) is -0.408. The molecule has 98 valence electrons. The molecule has 1 aromatic carbocycles. The molecule has 0 spiro atoms. The molecule has 18 heavy (non-hydrogen) atoms. The van der Waals surface area contributed by atoms with Gasteiger partial charge in [0.2, 0.25) is 0 Å². The van der Waals surface area contributed by atoms with Crippen molar-refractivity contribution < 1.29 is 9.18 Å². The maximum Gasteiger partial charge on any atom is 0.255 e. The summed E-state index contributed by atoms with van der Waals surface area (Å²) in [4.78, 5) is 12.4.